The summed E-state index contributed by atoms with van der Waals surface area (Å²) in [5.74, 6) is -0.544. The van der Waals surface area contributed by atoms with Crippen molar-refractivity contribution in [1.82, 2.24) is 0 Å². The first-order chi connectivity index (χ1) is 12.9. The Kier molecular flexibility index (Phi) is 6.62. The molecule has 0 aromatic heterocycles. The third kappa shape index (κ3) is 4.73. The first kappa shape index (κ1) is 20.8. The maximum atomic E-state index is 12.4. The van der Waals surface area contributed by atoms with Crippen molar-refractivity contribution in [3.63, 3.8) is 0 Å². The van der Waals surface area contributed by atoms with Gasteiger partial charge >= 0.3 is 0 Å². The highest BCUT2D eigenvalue weighted by molar-refractivity contribution is 7.86. The monoisotopic (exact) mass is 396 g/mol. The minimum absolute atomic E-state index is 0.0987. The lowest BCUT2D eigenvalue weighted by Gasteiger charge is -2.36. The van der Waals surface area contributed by atoms with E-state index in [1.807, 2.05) is 6.92 Å². The van der Waals surface area contributed by atoms with Crippen LogP contribution in [0.25, 0.3) is 0 Å². The molecule has 1 saturated carbocycles. The fourth-order valence-electron chi connectivity index (χ4n) is 4.05. The molecule has 27 heavy (non-hydrogen) atoms. The van der Waals surface area contributed by atoms with Gasteiger partial charge in [-0.2, -0.15) is 8.42 Å². The molecular formula is C21H32O5S. The molecule has 2 fully saturated rings. The summed E-state index contributed by atoms with van der Waals surface area (Å²) in [6, 6.07) is 6.75. The van der Waals surface area contributed by atoms with Crippen LogP contribution in [0.5, 0.6) is 0 Å². The van der Waals surface area contributed by atoms with Crippen molar-refractivity contribution < 1.29 is 22.1 Å². The first-order valence-corrected chi connectivity index (χ1v) is 11.6. The molecule has 0 amide bonds. The van der Waals surface area contributed by atoms with Gasteiger partial charge in [0.05, 0.1) is 24.7 Å². The molecule has 3 rings (SSSR count). The summed E-state index contributed by atoms with van der Waals surface area (Å²) in [6.45, 7) is 5.54. The van der Waals surface area contributed by atoms with E-state index in [1.165, 1.54) is 19.3 Å². The Hall–Kier alpha value is -0.950. The number of unbranched alkanes of at least 4 members (excludes halogenated alkanes) is 3. The molecule has 1 aliphatic heterocycles. The standard InChI is InChI=1S/C21H32O5S/c1-3-4-5-6-11-21(24-16-17-25-21)20(12-13-20)14-15-26-27(22,23)19-9-7-18(2)8-10-19/h7-10H,3-6,11-17H2,1-2H3. The summed E-state index contributed by atoms with van der Waals surface area (Å²) >= 11 is 0. The van der Waals surface area contributed by atoms with E-state index in [4.69, 9.17) is 13.7 Å². The van der Waals surface area contributed by atoms with E-state index >= 15 is 0 Å². The largest absolute Gasteiger partial charge is 0.347 e. The number of hydrogen-bond donors (Lipinski definition) is 0. The Morgan fingerprint density at radius 3 is 2.26 bits per heavy atom. The van der Waals surface area contributed by atoms with Crippen molar-refractivity contribution in [3.05, 3.63) is 29.8 Å². The van der Waals surface area contributed by atoms with E-state index in [1.54, 1.807) is 24.3 Å². The fourth-order valence-corrected chi connectivity index (χ4v) is 4.96. The minimum Gasteiger partial charge on any atom is -0.347 e. The van der Waals surface area contributed by atoms with Crippen LogP contribution in [0, 0.1) is 12.3 Å². The topological polar surface area (TPSA) is 61.8 Å². The highest BCUT2D eigenvalue weighted by Gasteiger charge is 2.62. The Morgan fingerprint density at radius 1 is 1.00 bits per heavy atom. The number of aryl methyl sites for hydroxylation is 1. The molecule has 1 saturated heterocycles. The molecule has 0 unspecified atom stereocenters. The molecule has 1 heterocycles. The highest BCUT2D eigenvalue weighted by atomic mass is 32.2. The van der Waals surface area contributed by atoms with Crippen molar-refractivity contribution >= 4 is 10.1 Å². The van der Waals surface area contributed by atoms with Gasteiger partial charge in [-0.1, -0.05) is 43.9 Å². The second-order valence-corrected chi connectivity index (χ2v) is 9.50. The molecule has 1 aromatic carbocycles. The number of rotatable bonds is 11. The van der Waals surface area contributed by atoms with Gasteiger partial charge in [-0.3, -0.25) is 4.18 Å². The molecule has 152 valence electrons. The van der Waals surface area contributed by atoms with E-state index in [9.17, 15) is 8.42 Å². The summed E-state index contributed by atoms with van der Waals surface area (Å²) in [6.07, 6.45) is 8.23. The molecule has 0 radical (unpaired) electrons. The molecule has 1 aromatic rings. The molecular weight excluding hydrogens is 364 g/mol. The lowest BCUT2D eigenvalue weighted by Crippen LogP contribution is -2.41. The van der Waals surface area contributed by atoms with Crippen molar-refractivity contribution in [2.24, 2.45) is 5.41 Å². The minimum atomic E-state index is -3.72. The van der Waals surface area contributed by atoms with Crippen LogP contribution in [0.15, 0.2) is 29.2 Å². The van der Waals surface area contributed by atoms with Crippen molar-refractivity contribution in [2.45, 2.75) is 75.9 Å². The van der Waals surface area contributed by atoms with Crippen LogP contribution < -0.4 is 0 Å². The second kappa shape index (κ2) is 8.60. The second-order valence-electron chi connectivity index (χ2n) is 7.88. The Bertz CT molecular complexity index is 701. The Balaban J connectivity index is 1.58. The predicted octanol–water partition coefficient (Wildman–Crippen LogP) is 4.58. The van der Waals surface area contributed by atoms with Gasteiger partial charge in [0.1, 0.15) is 0 Å². The Morgan fingerprint density at radius 2 is 1.67 bits per heavy atom. The van der Waals surface area contributed by atoms with Crippen LogP contribution in [0.4, 0.5) is 0 Å². The summed E-state index contributed by atoms with van der Waals surface area (Å²) in [7, 11) is -3.72. The van der Waals surface area contributed by atoms with Crippen LogP contribution in [0.2, 0.25) is 0 Å². The van der Waals surface area contributed by atoms with E-state index in [-0.39, 0.29) is 16.9 Å². The van der Waals surface area contributed by atoms with Crippen LogP contribution in [0.1, 0.15) is 63.9 Å². The van der Waals surface area contributed by atoms with E-state index in [0.717, 1.165) is 31.2 Å². The van der Waals surface area contributed by atoms with Gasteiger partial charge in [-0.25, -0.2) is 0 Å². The highest BCUT2D eigenvalue weighted by Crippen LogP contribution is 2.61. The lowest BCUT2D eigenvalue weighted by molar-refractivity contribution is -0.214. The normalized spacial score (nSPS) is 20.7. The molecule has 0 spiro atoms. The van der Waals surface area contributed by atoms with Crippen LogP contribution in [-0.4, -0.2) is 34.0 Å². The van der Waals surface area contributed by atoms with E-state index in [0.29, 0.717) is 19.6 Å². The Labute approximate surface area is 163 Å². The summed E-state index contributed by atoms with van der Waals surface area (Å²) in [4.78, 5) is 0.209. The quantitative estimate of drug-likeness (QED) is 0.405. The smallest absolute Gasteiger partial charge is 0.296 e. The van der Waals surface area contributed by atoms with Crippen LogP contribution >= 0.6 is 0 Å². The average molecular weight is 397 g/mol. The van der Waals surface area contributed by atoms with Gasteiger partial charge in [0, 0.05) is 11.8 Å². The van der Waals surface area contributed by atoms with Crippen molar-refractivity contribution in [1.29, 1.82) is 0 Å². The van der Waals surface area contributed by atoms with Gasteiger partial charge in [0.2, 0.25) is 0 Å². The fraction of sp³-hybridized carbons (Fsp3) is 0.714. The molecule has 1 aliphatic carbocycles. The molecule has 0 bridgehead atoms. The van der Waals surface area contributed by atoms with E-state index < -0.39 is 15.9 Å². The number of ether oxygens (including phenoxy) is 2. The third-order valence-corrected chi connectivity index (χ3v) is 7.23. The van der Waals surface area contributed by atoms with Crippen LogP contribution in [0.3, 0.4) is 0 Å². The zero-order valence-electron chi connectivity index (χ0n) is 16.5. The molecule has 0 N–H and O–H groups in total. The summed E-state index contributed by atoms with van der Waals surface area (Å²) < 4.78 is 42.4. The summed E-state index contributed by atoms with van der Waals surface area (Å²) in [5.41, 5.74) is 0.921. The van der Waals surface area contributed by atoms with Gasteiger partial charge in [0.25, 0.3) is 10.1 Å². The van der Waals surface area contributed by atoms with Crippen molar-refractivity contribution in [3.8, 4) is 0 Å². The molecule has 2 aliphatic rings. The molecule has 5 nitrogen and oxygen atoms in total. The maximum Gasteiger partial charge on any atom is 0.296 e. The maximum absolute atomic E-state index is 12.4. The molecule has 0 atom stereocenters. The SMILES string of the molecule is CCCCCCC1(C2(CCOS(=O)(=O)c3ccc(C)cc3)CC2)OCCO1. The lowest BCUT2D eigenvalue weighted by atomic mass is 9.87. The van der Waals surface area contributed by atoms with Gasteiger partial charge in [-0.15, -0.1) is 0 Å². The van der Waals surface area contributed by atoms with Crippen LogP contribution in [-0.2, 0) is 23.8 Å². The van der Waals surface area contributed by atoms with Crippen molar-refractivity contribution in [2.75, 3.05) is 19.8 Å². The third-order valence-electron chi connectivity index (χ3n) is 5.90. The number of benzene rings is 1. The number of hydrogen-bond acceptors (Lipinski definition) is 5. The summed E-state index contributed by atoms with van der Waals surface area (Å²) in [5, 5.41) is 0. The zero-order valence-corrected chi connectivity index (χ0v) is 17.4. The van der Waals surface area contributed by atoms with E-state index in [2.05, 4.69) is 6.92 Å². The van der Waals surface area contributed by atoms with Gasteiger partial charge in [0.15, 0.2) is 5.79 Å². The molecule has 6 heteroatoms. The predicted molar refractivity (Wildman–Crippen MR) is 104 cm³/mol. The first-order valence-electron chi connectivity index (χ1n) is 10.2. The van der Waals surface area contributed by atoms with Gasteiger partial charge < -0.3 is 9.47 Å². The zero-order chi connectivity index (χ0) is 19.4. The average Bonchev–Trinajstić information content (AvgIpc) is 3.28. The van der Waals surface area contributed by atoms with Gasteiger partial charge in [-0.05, 0) is 44.7 Å².